The van der Waals surface area contributed by atoms with E-state index in [4.69, 9.17) is 0 Å². The van der Waals surface area contributed by atoms with Crippen LogP contribution in [0.15, 0.2) is 23.8 Å². The summed E-state index contributed by atoms with van der Waals surface area (Å²) in [5.41, 5.74) is 4.73. The van der Waals surface area contributed by atoms with Gasteiger partial charge in [-0.2, -0.15) is 0 Å². The lowest BCUT2D eigenvalue weighted by Gasteiger charge is -2.07. The molecule has 1 N–H and O–H groups in total. The molecule has 0 aromatic heterocycles. The summed E-state index contributed by atoms with van der Waals surface area (Å²) in [5.74, 6) is 0.443. The summed E-state index contributed by atoms with van der Waals surface area (Å²) in [6, 6.07) is 4.20. The summed E-state index contributed by atoms with van der Waals surface area (Å²) in [6.45, 7) is 8.23. The van der Waals surface area contributed by atoms with Crippen LogP contribution in [-0.2, 0) is 6.42 Å². The van der Waals surface area contributed by atoms with Gasteiger partial charge in [-0.05, 0) is 70.1 Å². The lowest BCUT2D eigenvalue weighted by atomic mass is 10.0. The zero-order valence-corrected chi connectivity index (χ0v) is 11.5. The molecule has 0 bridgehead atoms. The van der Waals surface area contributed by atoms with Gasteiger partial charge in [-0.3, -0.25) is 0 Å². The maximum Gasteiger partial charge on any atom is 0.121 e. The highest BCUT2D eigenvalue weighted by atomic mass is 16.3. The Bertz CT molecular complexity index is 375. The smallest absolute Gasteiger partial charge is 0.121 e. The highest BCUT2D eigenvalue weighted by Gasteiger charge is 2.02. The topological polar surface area (TPSA) is 20.2 Å². The fourth-order valence-corrected chi connectivity index (χ4v) is 2.05. The Morgan fingerprint density at radius 1 is 1.12 bits per heavy atom. The SMILES string of the molecule is CC(C)=CCCCCc1cc(C)c(O)c(C)c1. The summed E-state index contributed by atoms with van der Waals surface area (Å²) in [7, 11) is 0. The van der Waals surface area contributed by atoms with Crippen molar-refractivity contribution in [2.45, 2.75) is 53.4 Å². The van der Waals surface area contributed by atoms with Gasteiger partial charge in [-0.15, -0.1) is 0 Å². The van der Waals surface area contributed by atoms with E-state index in [-0.39, 0.29) is 0 Å². The van der Waals surface area contributed by atoms with Crippen LogP contribution in [0.4, 0.5) is 0 Å². The Balaban J connectivity index is 2.45. The molecule has 1 heteroatoms. The van der Waals surface area contributed by atoms with Crippen LogP contribution < -0.4 is 0 Å². The molecule has 1 rings (SSSR count). The molecular formula is C16H24O. The van der Waals surface area contributed by atoms with Crippen molar-refractivity contribution >= 4 is 0 Å². The van der Waals surface area contributed by atoms with Gasteiger partial charge >= 0.3 is 0 Å². The molecule has 0 aliphatic rings. The summed E-state index contributed by atoms with van der Waals surface area (Å²) in [5, 5.41) is 9.69. The Kier molecular flexibility index (Phi) is 5.27. The van der Waals surface area contributed by atoms with Crippen molar-refractivity contribution in [3.63, 3.8) is 0 Å². The third-order valence-corrected chi connectivity index (χ3v) is 3.02. The van der Waals surface area contributed by atoms with Crippen LogP contribution >= 0.6 is 0 Å². The summed E-state index contributed by atoms with van der Waals surface area (Å²) in [6.07, 6.45) is 7.04. The molecule has 0 unspecified atom stereocenters. The van der Waals surface area contributed by atoms with Crippen LogP contribution in [0.5, 0.6) is 5.75 Å². The molecule has 1 nitrogen and oxygen atoms in total. The lowest BCUT2D eigenvalue weighted by molar-refractivity contribution is 0.466. The zero-order valence-electron chi connectivity index (χ0n) is 11.5. The van der Waals surface area contributed by atoms with Crippen LogP contribution in [0, 0.1) is 13.8 Å². The number of allylic oxidation sites excluding steroid dienone is 2. The average molecular weight is 232 g/mol. The minimum Gasteiger partial charge on any atom is -0.507 e. The molecule has 0 saturated heterocycles. The van der Waals surface area contributed by atoms with E-state index >= 15 is 0 Å². The van der Waals surface area contributed by atoms with Gasteiger partial charge in [0.15, 0.2) is 0 Å². The van der Waals surface area contributed by atoms with E-state index in [0.717, 1.165) is 17.5 Å². The summed E-state index contributed by atoms with van der Waals surface area (Å²) < 4.78 is 0. The van der Waals surface area contributed by atoms with Gasteiger partial charge in [0.25, 0.3) is 0 Å². The van der Waals surface area contributed by atoms with E-state index in [0.29, 0.717) is 5.75 Å². The standard InChI is InChI=1S/C16H24O/c1-12(2)8-6-5-7-9-15-10-13(3)16(17)14(4)11-15/h8,10-11,17H,5-7,9H2,1-4H3. The maximum atomic E-state index is 9.69. The highest BCUT2D eigenvalue weighted by Crippen LogP contribution is 2.23. The lowest BCUT2D eigenvalue weighted by Crippen LogP contribution is -1.90. The molecule has 1 aromatic rings. The maximum absolute atomic E-state index is 9.69. The predicted octanol–water partition coefficient (Wildman–Crippen LogP) is 4.69. The third-order valence-electron chi connectivity index (χ3n) is 3.02. The number of benzene rings is 1. The molecule has 17 heavy (non-hydrogen) atoms. The second-order valence-electron chi connectivity index (χ2n) is 5.11. The minimum absolute atomic E-state index is 0.443. The molecule has 0 amide bonds. The normalized spacial score (nSPS) is 10.4. The van der Waals surface area contributed by atoms with Gasteiger partial charge in [0.2, 0.25) is 0 Å². The molecule has 0 radical (unpaired) electrons. The van der Waals surface area contributed by atoms with Crippen molar-refractivity contribution in [3.05, 3.63) is 40.5 Å². The van der Waals surface area contributed by atoms with E-state index in [1.165, 1.54) is 30.4 Å². The molecule has 0 spiro atoms. The molecule has 0 heterocycles. The van der Waals surface area contributed by atoms with Gasteiger partial charge in [0.1, 0.15) is 5.75 Å². The second-order valence-corrected chi connectivity index (χ2v) is 5.11. The van der Waals surface area contributed by atoms with Crippen LogP contribution in [0.3, 0.4) is 0 Å². The fourth-order valence-electron chi connectivity index (χ4n) is 2.05. The van der Waals surface area contributed by atoms with Gasteiger partial charge in [-0.25, -0.2) is 0 Å². The van der Waals surface area contributed by atoms with Crippen molar-refractivity contribution in [2.75, 3.05) is 0 Å². The number of hydrogen-bond acceptors (Lipinski definition) is 1. The molecule has 0 atom stereocenters. The first-order valence-corrected chi connectivity index (χ1v) is 6.43. The van der Waals surface area contributed by atoms with E-state index in [1.807, 2.05) is 13.8 Å². The van der Waals surface area contributed by atoms with Gasteiger partial charge in [0.05, 0.1) is 0 Å². The first-order valence-electron chi connectivity index (χ1n) is 6.43. The molecule has 0 aliphatic heterocycles. The molecule has 0 aliphatic carbocycles. The second kappa shape index (κ2) is 6.48. The number of aromatic hydroxyl groups is 1. The van der Waals surface area contributed by atoms with Gasteiger partial charge in [0, 0.05) is 0 Å². The van der Waals surface area contributed by atoms with Crippen molar-refractivity contribution in [1.29, 1.82) is 0 Å². The Morgan fingerprint density at radius 2 is 1.71 bits per heavy atom. The largest absolute Gasteiger partial charge is 0.507 e. The van der Waals surface area contributed by atoms with Gasteiger partial charge in [-0.1, -0.05) is 23.8 Å². The Labute approximate surface area is 105 Å². The van der Waals surface area contributed by atoms with E-state index in [1.54, 1.807) is 0 Å². The average Bonchev–Trinajstić information content (AvgIpc) is 2.25. The molecular weight excluding hydrogens is 208 g/mol. The summed E-state index contributed by atoms with van der Waals surface area (Å²) >= 11 is 0. The van der Waals surface area contributed by atoms with E-state index in [2.05, 4.69) is 32.1 Å². The number of rotatable bonds is 5. The molecule has 1 aromatic carbocycles. The molecule has 94 valence electrons. The summed E-state index contributed by atoms with van der Waals surface area (Å²) in [4.78, 5) is 0. The molecule has 0 fully saturated rings. The first kappa shape index (κ1) is 13.8. The number of phenolic OH excluding ortho intramolecular Hbond substituents is 1. The van der Waals surface area contributed by atoms with Crippen molar-refractivity contribution in [3.8, 4) is 5.75 Å². The Hall–Kier alpha value is -1.24. The van der Waals surface area contributed by atoms with Crippen LogP contribution in [-0.4, -0.2) is 5.11 Å². The predicted molar refractivity (Wildman–Crippen MR) is 74.6 cm³/mol. The van der Waals surface area contributed by atoms with Crippen LogP contribution in [0.2, 0.25) is 0 Å². The van der Waals surface area contributed by atoms with Crippen molar-refractivity contribution < 1.29 is 5.11 Å². The zero-order chi connectivity index (χ0) is 12.8. The third kappa shape index (κ3) is 4.64. The first-order chi connectivity index (χ1) is 8.00. The number of aryl methyl sites for hydroxylation is 3. The number of unbranched alkanes of at least 4 members (excludes halogenated alkanes) is 2. The quantitative estimate of drug-likeness (QED) is 0.577. The highest BCUT2D eigenvalue weighted by molar-refractivity contribution is 5.42. The number of phenols is 1. The minimum atomic E-state index is 0.443. The number of hydrogen-bond donors (Lipinski definition) is 1. The monoisotopic (exact) mass is 232 g/mol. The molecule has 0 saturated carbocycles. The van der Waals surface area contributed by atoms with E-state index in [9.17, 15) is 5.11 Å². The van der Waals surface area contributed by atoms with Crippen LogP contribution in [0.25, 0.3) is 0 Å². The van der Waals surface area contributed by atoms with Crippen molar-refractivity contribution in [2.24, 2.45) is 0 Å². The Morgan fingerprint density at radius 3 is 2.24 bits per heavy atom. The van der Waals surface area contributed by atoms with Crippen LogP contribution in [0.1, 0.15) is 49.8 Å². The van der Waals surface area contributed by atoms with E-state index < -0.39 is 0 Å². The fraction of sp³-hybridized carbons (Fsp3) is 0.500. The van der Waals surface area contributed by atoms with Crippen molar-refractivity contribution in [1.82, 2.24) is 0 Å². The van der Waals surface area contributed by atoms with Gasteiger partial charge < -0.3 is 5.11 Å².